The highest BCUT2D eigenvalue weighted by atomic mass is 32.2. The van der Waals surface area contributed by atoms with E-state index < -0.39 is 21.4 Å². The zero-order valence-corrected chi connectivity index (χ0v) is 11.3. The fourth-order valence-corrected chi connectivity index (χ4v) is 3.02. The van der Waals surface area contributed by atoms with Gasteiger partial charge in [-0.15, -0.1) is 0 Å². The number of nitrogens with zero attached hydrogens (tertiary/aromatic N) is 1. The Balaban J connectivity index is 3.01. The van der Waals surface area contributed by atoms with Gasteiger partial charge < -0.3 is 5.73 Å². The molecule has 1 unspecified atom stereocenters. The number of nitrogens with two attached hydrogens (primary N) is 1. The Bertz CT molecular complexity index is 507. The first kappa shape index (κ1) is 15.0. The maximum Gasteiger partial charge on any atom is 0.242 e. The Hall–Kier alpha value is -1.05. The van der Waals surface area contributed by atoms with Gasteiger partial charge in [0, 0.05) is 11.7 Å². The van der Waals surface area contributed by atoms with Crippen LogP contribution in [0, 0.1) is 5.82 Å². The van der Waals surface area contributed by atoms with Crippen LogP contribution in [-0.2, 0) is 10.0 Å². The maximum absolute atomic E-state index is 13.0. The number of hydrogen-bond donors (Lipinski definition) is 2. The summed E-state index contributed by atoms with van der Waals surface area (Å²) in [5.41, 5.74) is 4.83. The standard InChI is InChI=1S/C11H18FN3O2S/c1-3-11(2,4-5-13)15-18(16,17)10-6-9(12)7-14-8-10/h6-8,15H,3-5,13H2,1-2H3. The van der Waals surface area contributed by atoms with Gasteiger partial charge in [-0.1, -0.05) is 6.92 Å². The summed E-state index contributed by atoms with van der Waals surface area (Å²) in [4.78, 5) is 3.35. The molecule has 18 heavy (non-hydrogen) atoms. The molecule has 0 radical (unpaired) electrons. The third-order valence-corrected chi connectivity index (χ3v) is 4.45. The lowest BCUT2D eigenvalue weighted by atomic mass is 9.96. The summed E-state index contributed by atoms with van der Waals surface area (Å²) in [6.45, 7) is 4.00. The molecule has 5 nitrogen and oxygen atoms in total. The second kappa shape index (κ2) is 5.73. The van der Waals surface area contributed by atoms with E-state index in [1.54, 1.807) is 6.92 Å². The number of aromatic nitrogens is 1. The Morgan fingerprint density at radius 3 is 2.67 bits per heavy atom. The second-order valence-electron chi connectivity index (χ2n) is 4.40. The van der Waals surface area contributed by atoms with Crippen LogP contribution in [0.25, 0.3) is 0 Å². The molecule has 1 aromatic heterocycles. The summed E-state index contributed by atoms with van der Waals surface area (Å²) < 4.78 is 39.7. The SMILES string of the molecule is CCC(C)(CCN)NS(=O)(=O)c1cncc(F)c1. The average Bonchev–Trinajstić information content (AvgIpc) is 2.28. The van der Waals surface area contributed by atoms with Crippen molar-refractivity contribution in [2.75, 3.05) is 6.54 Å². The fraction of sp³-hybridized carbons (Fsp3) is 0.545. The van der Waals surface area contributed by atoms with Gasteiger partial charge in [0.15, 0.2) is 0 Å². The van der Waals surface area contributed by atoms with Crippen LogP contribution in [0.4, 0.5) is 4.39 Å². The molecular weight excluding hydrogens is 257 g/mol. The van der Waals surface area contributed by atoms with Crippen LogP contribution in [0.3, 0.4) is 0 Å². The molecule has 0 aliphatic rings. The van der Waals surface area contributed by atoms with Crippen molar-refractivity contribution >= 4 is 10.0 Å². The molecule has 0 saturated heterocycles. The first-order valence-electron chi connectivity index (χ1n) is 5.67. The molecule has 0 spiro atoms. The normalized spacial score (nSPS) is 15.3. The van der Waals surface area contributed by atoms with Crippen LogP contribution >= 0.6 is 0 Å². The van der Waals surface area contributed by atoms with Gasteiger partial charge in [0.2, 0.25) is 10.0 Å². The van der Waals surface area contributed by atoms with Crippen molar-refractivity contribution in [1.29, 1.82) is 0 Å². The van der Waals surface area contributed by atoms with Gasteiger partial charge in [0.05, 0.1) is 6.20 Å². The van der Waals surface area contributed by atoms with Gasteiger partial charge in [-0.2, -0.15) is 0 Å². The van der Waals surface area contributed by atoms with Crippen LogP contribution in [0.5, 0.6) is 0 Å². The quantitative estimate of drug-likeness (QED) is 0.811. The molecule has 1 heterocycles. The highest BCUT2D eigenvalue weighted by Crippen LogP contribution is 2.18. The van der Waals surface area contributed by atoms with Gasteiger partial charge in [-0.05, 0) is 32.4 Å². The smallest absolute Gasteiger partial charge is 0.242 e. The molecule has 102 valence electrons. The molecule has 0 bridgehead atoms. The number of nitrogens with one attached hydrogen (secondary N) is 1. The lowest BCUT2D eigenvalue weighted by molar-refractivity contribution is 0.379. The number of hydrogen-bond acceptors (Lipinski definition) is 4. The molecule has 0 aliphatic heterocycles. The van der Waals surface area contributed by atoms with Crippen molar-refractivity contribution < 1.29 is 12.8 Å². The predicted molar refractivity (Wildman–Crippen MR) is 66.9 cm³/mol. The van der Waals surface area contributed by atoms with E-state index >= 15 is 0 Å². The highest BCUT2D eigenvalue weighted by molar-refractivity contribution is 7.89. The molecule has 0 aliphatic carbocycles. The number of sulfonamides is 1. The Kier molecular flexibility index (Phi) is 4.78. The van der Waals surface area contributed by atoms with Gasteiger partial charge in [-0.25, -0.2) is 17.5 Å². The van der Waals surface area contributed by atoms with Crippen LogP contribution in [-0.4, -0.2) is 25.5 Å². The van der Waals surface area contributed by atoms with E-state index in [9.17, 15) is 12.8 Å². The van der Waals surface area contributed by atoms with Crippen molar-refractivity contribution in [2.24, 2.45) is 5.73 Å². The summed E-state index contributed by atoms with van der Waals surface area (Å²) in [7, 11) is -3.78. The third kappa shape index (κ3) is 3.72. The highest BCUT2D eigenvalue weighted by Gasteiger charge is 2.28. The van der Waals surface area contributed by atoms with Gasteiger partial charge in [0.1, 0.15) is 10.7 Å². The minimum Gasteiger partial charge on any atom is -0.330 e. The van der Waals surface area contributed by atoms with E-state index in [-0.39, 0.29) is 4.90 Å². The zero-order valence-electron chi connectivity index (χ0n) is 10.5. The molecule has 0 fully saturated rings. The molecule has 1 aromatic rings. The van der Waals surface area contributed by atoms with Gasteiger partial charge >= 0.3 is 0 Å². The van der Waals surface area contributed by atoms with E-state index in [0.29, 0.717) is 19.4 Å². The molecule has 0 saturated carbocycles. The Morgan fingerprint density at radius 1 is 1.50 bits per heavy atom. The van der Waals surface area contributed by atoms with E-state index in [1.807, 2.05) is 6.92 Å². The number of halogens is 1. The van der Waals surface area contributed by atoms with E-state index in [4.69, 9.17) is 5.73 Å². The first-order chi connectivity index (χ1) is 8.33. The minimum atomic E-state index is -3.78. The molecule has 0 aromatic carbocycles. The summed E-state index contributed by atoms with van der Waals surface area (Å²) in [5.74, 6) is -0.685. The number of pyridine rings is 1. The molecular formula is C11H18FN3O2S. The largest absolute Gasteiger partial charge is 0.330 e. The van der Waals surface area contributed by atoms with Crippen molar-refractivity contribution in [3.8, 4) is 0 Å². The lowest BCUT2D eigenvalue weighted by Gasteiger charge is -2.28. The van der Waals surface area contributed by atoms with Crippen molar-refractivity contribution in [1.82, 2.24) is 9.71 Å². The zero-order chi connectivity index (χ0) is 13.8. The third-order valence-electron chi connectivity index (χ3n) is 2.85. The molecule has 0 amide bonds. The summed E-state index contributed by atoms with van der Waals surface area (Å²) in [6, 6.07) is 0.938. The van der Waals surface area contributed by atoms with Crippen LogP contribution in [0.1, 0.15) is 26.7 Å². The summed E-state index contributed by atoms with van der Waals surface area (Å²) >= 11 is 0. The average molecular weight is 275 g/mol. The Morgan fingerprint density at radius 2 is 2.17 bits per heavy atom. The lowest BCUT2D eigenvalue weighted by Crippen LogP contribution is -2.46. The van der Waals surface area contributed by atoms with E-state index in [2.05, 4.69) is 9.71 Å². The predicted octanol–water partition coefficient (Wildman–Crippen LogP) is 1.02. The summed E-state index contributed by atoms with van der Waals surface area (Å²) in [6.07, 6.45) is 3.17. The topological polar surface area (TPSA) is 85.1 Å². The summed E-state index contributed by atoms with van der Waals surface area (Å²) in [5, 5.41) is 0. The van der Waals surface area contributed by atoms with E-state index in [1.165, 1.54) is 0 Å². The van der Waals surface area contributed by atoms with Crippen molar-refractivity contribution in [2.45, 2.75) is 37.1 Å². The van der Waals surface area contributed by atoms with Crippen LogP contribution < -0.4 is 10.5 Å². The molecule has 1 atom stereocenters. The molecule has 7 heteroatoms. The number of rotatable bonds is 6. The fourth-order valence-electron chi connectivity index (χ4n) is 1.54. The van der Waals surface area contributed by atoms with Crippen molar-refractivity contribution in [3.05, 3.63) is 24.3 Å². The monoisotopic (exact) mass is 275 g/mol. The van der Waals surface area contributed by atoms with Crippen molar-refractivity contribution in [3.63, 3.8) is 0 Å². The van der Waals surface area contributed by atoms with Crippen LogP contribution in [0.15, 0.2) is 23.4 Å². The Labute approximate surface area is 107 Å². The van der Waals surface area contributed by atoms with Crippen LogP contribution in [0.2, 0.25) is 0 Å². The second-order valence-corrected chi connectivity index (χ2v) is 6.08. The molecule has 3 N–H and O–H groups in total. The van der Waals surface area contributed by atoms with Gasteiger partial charge in [-0.3, -0.25) is 4.98 Å². The maximum atomic E-state index is 13.0. The molecule has 1 rings (SSSR count). The van der Waals surface area contributed by atoms with Gasteiger partial charge in [0.25, 0.3) is 0 Å². The minimum absolute atomic E-state index is 0.181. The first-order valence-corrected chi connectivity index (χ1v) is 7.16. The van der Waals surface area contributed by atoms with E-state index in [0.717, 1.165) is 18.5 Å².